The van der Waals surface area contributed by atoms with Crippen molar-refractivity contribution in [2.75, 3.05) is 111 Å². The van der Waals surface area contributed by atoms with Crippen molar-refractivity contribution < 1.29 is 87.2 Å². The van der Waals surface area contributed by atoms with E-state index in [0.717, 1.165) is 160 Å². The normalized spacial score (nSPS) is 13.5. The number of halogens is 9. The van der Waals surface area contributed by atoms with Crippen LogP contribution in [-0.4, -0.2) is 127 Å². The molecule has 139 heavy (non-hydrogen) atoms. The fourth-order valence-corrected chi connectivity index (χ4v) is 17.6. The van der Waals surface area contributed by atoms with Crippen LogP contribution in [0.4, 0.5) is 100 Å². The minimum absolute atomic E-state index is 0.119. The van der Waals surface area contributed by atoms with Gasteiger partial charge >= 0.3 is 42.7 Å². The van der Waals surface area contributed by atoms with Gasteiger partial charge in [0.05, 0.1) is 96.7 Å². The van der Waals surface area contributed by atoms with E-state index in [1.807, 2.05) is 97.1 Å². The lowest BCUT2D eigenvalue weighted by atomic mass is 10.0. The Bertz CT molecular complexity index is 6060. The molecule has 4 amide bonds. The molecule has 33 heteroatoms. The Hall–Kier alpha value is -13.3. The summed E-state index contributed by atoms with van der Waals surface area (Å²) in [4.78, 5) is 100. The number of ether oxygens (including phenoxy) is 4. The highest BCUT2D eigenvalue weighted by molar-refractivity contribution is 7.98. The van der Waals surface area contributed by atoms with E-state index < -0.39 is 58.6 Å². The predicted octanol–water partition coefficient (Wildman–Crippen LogP) is 25.4. The highest BCUT2D eigenvalue weighted by Gasteiger charge is 2.35. The van der Waals surface area contributed by atoms with E-state index in [1.54, 1.807) is 132 Å². The van der Waals surface area contributed by atoms with Gasteiger partial charge in [-0.15, -0.1) is 0 Å². The molecule has 0 aliphatic carbocycles. The third-order valence-corrected chi connectivity index (χ3v) is 24.9. The van der Waals surface area contributed by atoms with Crippen LogP contribution in [0.2, 0.25) is 0 Å². The number of anilines is 9. The summed E-state index contributed by atoms with van der Waals surface area (Å²) in [7, 11) is 2.73. The first-order valence-corrected chi connectivity index (χ1v) is 48.3. The smallest absolute Gasteiger partial charge is 0.416 e. The van der Waals surface area contributed by atoms with Crippen LogP contribution in [0.5, 0.6) is 0 Å². The molecule has 8 aromatic carbocycles. The van der Waals surface area contributed by atoms with Gasteiger partial charge in [0.1, 0.15) is 11.2 Å². The van der Waals surface area contributed by atoms with Gasteiger partial charge in [0.25, 0.3) is 11.8 Å². The molecular formula is C106H115F9N12O10S2. The fourth-order valence-electron chi connectivity index (χ4n) is 15.8. The van der Waals surface area contributed by atoms with Crippen LogP contribution in [0.15, 0.2) is 231 Å². The van der Waals surface area contributed by atoms with Gasteiger partial charge in [0, 0.05) is 144 Å². The molecule has 0 radical (unpaired) electrons. The van der Waals surface area contributed by atoms with Crippen LogP contribution in [0, 0.1) is 0 Å². The van der Waals surface area contributed by atoms with Gasteiger partial charge in [0.2, 0.25) is 0 Å². The Labute approximate surface area is 812 Å². The number of amides is 4. The maximum atomic E-state index is 13.7. The lowest BCUT2D eigenvalue weighted by Crippen LogP contribution is -2.36. The Morgan fingerprint density at radius 1 is 0.396 bits per heavy atom. The molecule has 3 fully saturated rings. The molecule has 0 bridgehead atoms. The van der Waals surface area contributed by atoms with E-state index in [4.69, 9.17) is 24.7 Å². The number of thioether (sulfide) groups is 2. The summed E-state index contributed by atoms with van der Waals surface area (Å²) in [6.45, 7) is 15.8. The summed E-state index contributed by atoms with van der Waals surface area (Å²) in [5.74, 6) is 1.35. The third kappa shape index (κ3) is 31.4. The number of carbonyl (C=O) groups excluding carboxylic acids is 6. The van der Waals surface area contributed by atoms with E-state index in [1.165, 1.54) is 67.3 Å². The Morgan fingerprint density at radius 3 is 1.14 bits per heavy atom. The second-order valence-corrected chi connectivity index (χ2v) is 38.0. The van der Waals surface area contributed by atoms with Gasteiger partial charge in [-0.25, -0.2) is 9.59 Å². The number of benzene rings is 8. The van der Waals surface area contributed by atoms with Crippen molar-refractivity contribution in [1.82, 2.24) is 15.0 Å². The van der Waals surface area contributed by atoms with Crippen molar-refractivity contribution in [3.05, 3.63) is 287 Å². The number of alkyl halides is 9. The summed E-state index contributed by atoms with van der Waals surface area (Å²) in [6, 6.07) is 57.4. The highest BCUT2D eigenvalue weighted by atomic mass is 32.2. The number of nitrogens with zero attached hydrogens (tertiary/aromatic N) is 8. The highest BCUT2D eigenvalue weighted by Crippen LogP contribution is 2.41. The number of methoxy groups -OCH3 is 2. The third-order valence-electron chi connectivity index (χ3n) is 22.8. The van der Waals surface area contributed by atoms with Gasteiger partial charge in [-0.1, -0.05) is 60.7 Å². The Balaban J connectivity index is 0.000000190. The van der Waals surface area contributed by atoms with Crippen molar-refractivity contribution in [2.24, 2.45) is 0 Å². The number of esters is 2. The SMILES string of the molecule is CC(C)(C)OC(=O)N(Cc1cccc(C(F)(F)F)c1)c1ccnc(-c2cc(N3CCCCC3)ccc2N)c1.COC(=O)CCSCc1cccc(C(=O)Nc2ccc(N3CCCCC3)cc2-c2cc(N(Cc3cccc(C(F)(F)F)c3)C(=O)OC(C)(C)C)ccn2)c1.COC(=O)CCSCc1cccc(C(=O)Nc2ccc(N3CCCCC3)cc2-c2cc(NCc3cccc(C(F)(F)F)c3)ccn2)c1. The van der Waals surface area contributed by atoms with E-state index in [2.05, 4.69) is 45.6 Å². The zero-order chi connectivity index (χ0) is 99.6. The number of hydrogen-bond donors (Lipinski definition) is 4. The van der Waals surface area contributed by atoms with Crippen molar-refractivity contribution >= 4 is 111 Å². The standard InChI is InChI=1S/C41H45F3N4O5S.C36H37F3N4O3S.C29H33F3N4O2/c1-40(2,3)53-39(51)48(26-28-10-9-13-31(23-28)41(42,43)44)33-16-18-45-36(25-33)34-24-32(47-19-6-5-7-20-47)14-15-35(34)46-38(50)30-12-8-11-29(22-30)27-54-21-17-37(49)52-4;1-46-34(44)14-18-47-24-26-8-5-9-27(19-26)35(45)42-32-12-11-30(43-16-3-2-4-17-43)22-31(32)33-21-29(13-15-40-33)41-23-25-7-6-10-28(20-25)36(37,38)39;1-28(2,3)38-27(37)36(19-20-8-7-9-21(16-20)29(30,31)32)23-12-13-34-26(18-23)24-17-22(10-11-25(24)33)35-14-5-4-6-15-35/h8-16,18,22-25H,5-7,17,19-21,26-27H2,1-4H3,(H,46,50);5-13,15,19-22H,2-4,14,16-18,23-24H2,1H3,(H,40,41)(H,42,45);7-13,16-18H,4-6,14-15,19,33H2,1-3H3. The maximum Gasteiger partial charge on any atom is 0.416 e. The topological polar surface area (TPSA) is 256 Å². The van der Waals surface area contributed by atoms with Crippen LogP contribution in [0.1, 0.15) is 177 Å². The van der Waals surface area contributed by atoms with Crippen LogP contribution >= 0.6 is 23.5 Å². The first-order valence-electron chi connectivity index (χ1n) is 45.9. The summed E-state index contributed by atoms with van der Waals surface area (Å²) in [6.07, 6.45) is 0.630. The monoisotopic (exact) mass is 1950 g/mol. The summed E-state index contributed by atoms with van der Waals surface area (Å²) >= 11 is 3.16. The van der Waals surface area contributed by atoms with Gasteiger partial charge in [0.15, 0.2) is 0 Å². The molecule has 0 saturated carbocycles. The molecule has 3 saturated heterocycles. The quantitative estimate of drug-likeness (QED) is 0.0112. The van der Waals surface area contributed by atoms with E-state index in [0.29, 0.717) is 115 Å². The second-order valence-electron chi connectivity index (χ2n) is 35.8. The van der Waals surface area contributed by atoms with Crippen LogP contribution < -0.4 is 46.2 Å². The summed E-state index contributed by atoms with van der Waals surface area (Å²) in [5.41, 5.74) is 16.1. The van der Waals surface area contributed by atoms with E-state index in [-0.39, 0.29) is 49.0 Å². The van der Waals surface area contributed by atoms with Gasteiger partial charge < -0.3 is 55.3 Å². The van der Waals surface area contributed by atoms with Crippen LogP contribution in [0.3, 0.4) is 0 Å². The zero-order valence-electron chi connectivity index (χ0n) is 78.9. The maximum absolute atomic E-state index is 13.7. The number of piperidine rings is 3. The number of aromatic nitrogens is 3. The van der Waals surface area contributed by atoms with E-state index in [9.17, 15) is 68.3 Å². The van der Waals surface area contributed by atoms with Crippen molar-refractivity contribution in [1.29, 1.82) is 0 Å². The van der Waals surface area contributed by atoms with Crippen molar-refractivity contribution in [3.63, 3.8) is 0 Å². The second kappa shape index (κ2) is 48.3. The molecule has 0 unspecified atom stereocenters. The number of rotatable bonds is 29. The number of carbonyl (C=O) groups is 6. The molecule has 11 aromatic rings. The van der Waals surface area contributed by atoms with Gasteiger partial charge in [-0.3, -0.25) is 43.9 Å². The molecule has 0 spiro atoms. The molecule has 6 heterocycles. The first-order chi connectivity index (χ1) is 66.3. The summed E-state index contributed by atoms with van der Waals surface area (Å²) in [5, 5.41) is 9.35. The van der Waals surface area contributed by atoms with E-state index >= 15 is 0 Å². The minimum atomic E-state index is -4.55. The fraction of sp³-hybridized carbons (Fsp3) is 0.349. The lowest BCUT2D eigenvalue weighted by Gasteiger charge is -2.30. The lowest BCUT2D eigenvalue weighted by molar-refractivity contribution is -0.141. The molecule has 14 rings (SSSR count). The molecule has 3 aromatic heterocycles. The Morgan fingerprint density at radius 2 is 0.748 bits per heavy atom. The van der Waals surface area contributed by atoms with Crippen LogP contribution in [0.25, 0.3) is 33.8 Å². The van der Waals surface area contributed by atoms with Gasteiger partial charge in [-0.05, 0) is 279 Å². The molecule has 3 aliphatic rings. The average molecular weight is 1950 g/mol. The molecule has 5 N–H and O–H groups in total. The minimum Gasteiger partial charge on any atom is -0.469 e. The predicted molar refractivity (Wildman–Crippen MR) is 532 cm³/mol. The Kier molecular flexibility index (Phi) is 36.4. The molecule has 22 nitrogen and oxygen atoms in total. The number of nitrogens with two attached hydrogens (primary N) is 1. The number of pyridine rings is 3. The summed E-state index contributed by atoms with van der Waals surface area (Å²) < 4.78 is 141. The average Bonchev–Trinajstić information content (AvgIpc) is 0.780. The van der Waals surface area contributed by atoms with Crippen LogP contribution in [-0.2, 0) is 78.2 Å². The zero-order valence-corrected chi connectivity index (χ0v) is 80.5. The molecule has 734 valence electrons. The first kappa shape index (κ1) is 105. The number of hydrogen-bond acceptors (Lipinski definition) is 20. The van der Waals surface area contributed by atoms with Gasteiger partial charge in [-0.2, -0.15) is 63.0 Å². The molecular weight excluding hydrogens is 1840 g/mol. The number of nitrogens with one attached hydrogen (secondary N) is 3. The molecule has 3 aliphatic heterocycles. The largest absolute Gasteiger partial charge is 0.469 e. The van der Waals surface area contributed by atoms with Crippen molar-refractivity contribution in [2.45, 2.75) is 173 Å². The van der Waals surface area contributed by atoms with Crippen molar-refractivity contribution in [3.8, 4) is 33.8 Å². The molecule has 0 atom stereocenters. The number of nitrogen functional groups attached to an aromatic ring is 1.